The van der Waals surface area contributed by atoms with Crippen LogP contribution in [0, 0.1) is 0 Å². The summed E-state index contributed by atoms with van der Waals surface area (Å²) in [6.45, 7) is 4.76. The number of nitrogens with zero attached hydrogens (tertiary/aromatic N) is 1. The van der Waals surface area contributed by atoms with Crippen molar-refractivity contribution in [2.75, 3.05) is 25.1 Å². The maximum absolute atomic E-state index is 12.5. The molecule has 0 radical (unpaired) electrons. The van der Waals surface area contributed by atoms with Crippen LogP contribution in [0.2, 0.25) is 0 Å². The van der Waals surface area contributed by atoms with Crippen LogP contribution in [0.15, 0.2) is 114 Å². The molecule has 6 heteroatoms. The van der Waals surface area contributed by atoms with Gasteiger partial charge in [-0.3, -0.25) is 0 Å². The van der Waals surface area contributed by atoms with Gasteiger partial charge in [-0.05, 0) is 60.4 Å². The summed E-state index contributed by atoms with van der Waals surface area (Å²) in [5, 5.41) is 7.50. The largest absolute Gasteiger partial charge is 0.490 e. The summed E-state index contributed by atoms with van der Waals surface area (Å²) in [5.41, 5.74) is 6.03. The van der Waals surface area contributed by atoms with Crippen molar-refractivity contribution in [3.63, 3.8) is 0 Å². The molecule has 0 saturated heterocycles. The third-order valence-corrected chi connectivity index (χ3v) is 6.10. The summed E-state index contributed by atoms with van der Waals surface area (Å²) < 4.78 is 11.1. The molecule has 200 valence electrons. The highest BCUT2D eigenvalue weighted by Crippen LogP contribution is 2.20. The SMILES string of the molecule is CCOC(=O)C(Cc1ccc(OCCON=C(C)c2ccc(-c3ccccc3)cc2)cc1)Nc1ccccc1. The van der Waals surface area contributed by atoms with E-state index in [1.165, 1.54) is 5.56 Å². The smallest absolute Gasteiger partial charge is 0.328 e. The quantitative estimate of drug-likeness (QED) is 0.0909. The molecule has 0 saturated carbocycles. The minimum atomic E-state index is -0.483. The normalized spacial score (nSPS) is 11.9. The zero-order valence-corrected chi connectivity index (χ0v) is 22.4. The summed E-state index contributed by atoms with van der Waals surface area (Å²) in [5.74, 6) is 0.449. The lowest BCUT2D eigenvalue weighted by Gasteiger charge is -2.18. The van der Waals surface area contributed by atoms with Gasteiger partial charge in [0.25, 0.3) is 0 Å². The molecule has 4 rings (SSSR count). The lowest BCUT2D eigenvalue weighted by Crippen LogP contribution is -2.33. The number of benzene rings is 4. The van der Waals surface area contributed by atoms with E-state index in [0.717, 1.165) is 33.8 Å². The van der Waals surface area contributed by atoms with E-state index in [0.29, 0.717) is 26.2 Å². The maximum atomic E-state index is 12.5. The van der Waals surface area contributed by atoms with Crippen LogP contribution in [0.5, 0.6) is 5.75 Å². The molecule has 39 heavy (non-hydrogen) atoms. The fourth-order valence-corrected chi connectivity index (χ4v) is 4.06. The van der Waals surface area contributed by atoms with Gasteiger partial charge in [0.15, 0.2) is 6.61 Å². The van der Waals surface area contributed by atoms with E-state index in [1.807, 2.05) is 98.8 Å². The van der Waals surface area contributed by atoms with Crippen molar-refractivity contribution in [1.82, 2.24) is 0 Å². The van der Waals surface area contributed by atoms with Gasteiger partial charge in [0.1, 0.15) is 18.4 Å². The van der Waals surface area contributed by atoms with Crippen LogP contribution in [0.3, 0.4) is 0 Å². The highest BCUT2D eigenvalue weighted by Gasteiger charge is 2.20. The van der Waals surface area contributed by atoms with Crippen LogP contribution in [0.25, 0.3) is 11.1 Å². The molecule has 0 aliphatic rings. The first-order chi connectivity index (χ1) is 19.1. The summed E-state index contributed by atoms with van der Waals surface area (Å²) in [6, 6.07) is 35.4. The Balaban J connectivity index is 1.23. The summed E-state index contributed by atoms with van der Waals surface area (Å²) in [6.07, 6.45) is 0.497. The molecular weight excluding hydrogens is 488 g/mol. The minimum absolute atomic E-state index is 0.276. The van der Waals surface area contributed by atoms with E-state index < -0.39 is 6.04 Å². The number of hydrogen-bond donors (Lipinski definition) is 1. The Bertz CT molecular complexity index is 1320. The average molecular weight is 523 g/mol. The van der Waals surface area contributed by atoms with Crippen LogP contribution in [-0.2, 0) is 20.8 Å². The first-order valence-electron chi connectivity index (χ1n) is 13.1. The third kappa shape index (κ3) is 8.47. The Kier molecular flexibility index (Phi) is 10.1. The summed E-state index contributed by atoms with van der Waals surface area (Å²) in [4.78, 5) is 18.0. The molecule has 0 fully saturated rings. The molecule has 0 aromatic heterocycles. The van der Waals surface area contributed by atoms with E-state index in [1.54, 1.807) is 0 Å². The lowest BCUT2D eigenvalue weighted by molar-refractivity contribution is -0.144. The Morgan fingerprint density at radius 3 is 2.10 bits per heavy atom. The van der Waals surface area contributed by atoms with Crippen molar-refractivity contribution in [3.8, 4) is 16.9 Å². The maximum Gasteiger partial charge on any atom is 0.328 e. The number of carbonyl (C=O) groups is 1. The van der Waals surface area contributed by atoms with E-state index >= 15 is 0 Å². The topological polar surface area (TPSA) is 69.2 Å². The molecule has 1 unspecified atom stereocenters. The number of rotatable bonds is 13. The van der Waals surface area contributed by atoms with Crippen molar-refractivity contribution in [1.29, 1.82) is 0 Å². The number of para-hydroxylation sites is 1. The van der Waals surface area contributed by atoms with Gasteiger partial charge in [-0.15, -0.1) is 0 Å². The summed E-state index contributed by atoms with van der Waals surface area (Å²) >= 11 is 0. The number of esters is 1. The standard InChI is InChI=1S/C33H34N2O4/c1-3-37-33(36)32(34-30-12-8-5-9-13-30)24-26-14-20-31(21-15-26)38-22-23-39-35-25(2)27-16-18-29(19-17-27)28-10-6-4-7-11-28/h4-21,32,34H,3,22-24H2,1-2H3. The van der Waals surface area contributed by atoms with Crippen molar-refractivity contribution >= 4 is 17.4 Å². The van der Waals surface area contributed by atoms with Crippen LogP contribution < -0.4 is 10.1 Å². The lowest BCUT2D eigenvalue weighted by atomic mass is 10.0. The van der Waals surface area contributed by atoms with Crippen LogP contribution in [0.4, 0.5) is 5.69 Å². The van der Waals surface area contributed by atoms with E-state index in [4.69, 9.17) is 14.3 Å². The van der Waals surface area contributed by atoms with Crippen LogP contribution in [-0.4, -0.2) is 37.5 Å². The first-order valence-corrected chi connectivity index (χ1v) is 13.1. The molecule has 0 bridgehead atoms. The third-order valence-electron chi connectivity index (χ3n) is 6.10. The number of nitrogens with one attached hydrogen (secondary N) is 1. The van der Waals surface area contributed by atoms with Gasteiger partial charge in [0, 0.05) is 12.1 Å². The van der Waals surface area contributed by atoms with Crippen molar-refractivity contribution < 1.29 is 19.1 Å². The first kappa shape index (κ1) is 27.5. The molecule has 6 nitrogen and oxygen atoms in total. The van der Waals surface area contributed by atoms with Gasteiger partial charge in [-0.2, -0.15) is 0 Å². The van der Waals surface area contributed by atoms with Crippen molar-refractivity contribution in [2.24, 2.45) is 5.16 Å². The molecule has 0 amide bonds. The predicted molar refractivity (Wildman–Crippen MR) is 156 cm³/mol. The molecule has 0 aliphatic heterocycles. The molecule has 4 aromatic rings. The van der Waals surface area contributed by atoms with Crippen LogP contribution in [0.1, 0.15) is 25.0 Å². The molecule has 0 aliphatic carbocycles. The average Bonchev–Trinajstić information content (AvgIpc) is 2.98. The molecule has 0 heterocycles. The predicted octanol–water partition coefficient (Wildman–Crippen LogP) is 6.76. The second kappa shape index (κ2) is 14.4. The molecule has 0 spiro atoms. The Morgan fingerprint density at radius 2 is 1.44 bits per heavy atom. The van der Waals surface area contributed by atoms with Gasteiger partial charge < -0.3 is 19.6 Å². The zero-order chi connectivity index (χ0) is 27.3. The fraction of sp³-hybridized carbons (Fsp3) is 0.212. The van der Waals surface area contributed by atoms with Crippen molar-refractivity contribution in [3.05, 3.63) is 120 Å². The number of carbonyl (C=O) groups excluding carboxylic acids is 1. The second-order valence-corrected chi connectivity index (χ2v) is 8.96. The van der Waals surface area contributed by atoms with Gasteiger partial charge >= 0.3 is 5.97 Å². The zero-order valence-electron chi connectivity index (χ0n) is 22.4. The highest BCUT2D eigenvalue weighted by atomic mass is 16.6. The second-order valence-electron chi connectivity index (χ2n) is 8.96. The van der Waals surface area contributed by atoms with Crippen LogP contribution >= 0.6 is 0 Å². The van der Waals surface area contributed by atoms with E-state index in [9.17, 15) is 4.79 Å². The molecular formula is C33H34N2O4. The Hall–Kier alpha value is -4.58. The van der Waals surface area contributed by atoms with Gasteiger partial charge in [0.05, 0.1) is 12.3 Å². The molecule has 4 aromatic carbocycles. The minimum Gasteiger partial charge on any atom is -0.490 e. The number of hydrogen-bond acceptors (Lipinski definition) is 6. The van der Waals surface area contributed by atoms with Gasteiger partial charge in [-0.1, -0.05) is 90.1 Å². The Labute approximate surface area is 230 Å². The monoisotopic (exact) mass is 522 g/mol. The number of oxime groups is 1. The highest BCUT2D eigenvalue weighted by molar-refractivity contribution is 5.98. The number of anilines is 1. The summed E-state index contributed by atoms with van der Waals surface area (Å²) in [7, 11) is 0. The van der Waals surface area contributed by atoms with E-state index in [2.05, 4.69) is 34.7 Å². The fourth-order valence-electron chi connectivity index (χ4n) is 4.06. The van der Waals surface area contributed by atoms with Gasteiger partial charge in [0.2, 0.25) is 0 Å². The Morgan fingerprint density at radius 1 is 0.795 bits per heavy atom. The molecule has 1 atom stereocenters. The van der Waals surface area contributed by atoms with E-state index in [-0.39, 0.29) is 5.97 Å². The number of ether oxygens (including phenoxy) is 2. The molecule has 1 N–H and O–H groups in total. The van der Waals surface area contributed by atoms with Crippen molar-refractivity contribution in [2.45, 2.75) is 26.3 Å². The van der Waals surface area contributed by atoms with Gasteiger partial charge in [-0.25, -0.2) is 4.79 Å².